The summed E-state index contributed by atoms with van der Waals surface area (Å²) in [6.45, 7) is 1.92. The maximum Gasteiger partial charge on any atom is 0.0665 e. The van der Waals surface area contributed by atoms with Gasteiger partial charge < -0.3 is 5.32 Å². The first-order valence-corrected chi connectivity index (χ1v) is 4.76. The zero-order valence-electron chi connectivity index (χ0n) is 6.51. The van der Waals surface area contributed by atoms with E-state index < -0.39 is 0 Å². The topological polar surface area (TPSA) is 12.0 Å². The minimum atomic E-state index is 0.0728. The minimum Gasteiger partial charge on any atom is -0.373 e. The molecule has 0 fully saturated rings. The molecule has 0 radical (unpaired) electrons. The maximum absolute atomic E-state index is 5.89. The van der Waals surface area contributed by atoms with Crippen LogP contribution in [0.15, 0.2) is 18.2 Å². The zero-order valence-corrected chi connectivity index (χ0v) is 8.92. The summed E-state index contributed by atoms with van der Waals surface area (Å²) in [7, 11) is 0. The number of anilines is 1. The molecule has 0 aliphatic rings. The Labute approximate surface area is 87.5 Å². The molecular formula is C8H9Cl2NS. The van der Waals surface area contributed by atoms with Crippen molar-refractivity contribution in [2.75, 3.05) is 5.32 Å². The fraction of sp³-hybridized carbons (Fsp3) is 0.250. The van der Waals surface area contributed by atoms with Gasteiger partial charge in [0.2, 0.25) is 0 Å². The third kappa shape index (κ3) is 2.77. The van der Waals surface area contributed by atoms with Crippen LogP contribution in [0, 0.1) is 0 Å². The molecule has 0 heterocycles. The van der Waals surface area contributed by atoms with Crippen LogP contribution in [0.25, 0.3) is 0 Å². The van der Waals surface area contributed by atoms with Gasteiger partial charge in [0, 0.05) is 5.02 Å². The van der Waals surface area contributed by atoms with Crippen molar-refractivity contribution < 1.29 is 0 Å². The van der Waals surface area contributed by atoms with Crippen LogP contribution in [-0.4, -0.2) is 5.37 Å². The summed E-state index contributed by atoms with van der Waals surface area (Å²) in [6.07, 6.45) is 0. The summed E-state index contributed by atoms with van der Waals surface area (Å²) in [5.41, 5.74) is 0.851. The Morgan fingerprint density at radius 2 is 2.08 bits per heavy atom. The number of halogens is 2. The maximum atomic E-state index is 5.89. The Hall–Kier alpha value is -0.0500. The monoisotopic (exact) mass is 221 g/mol. The number of thiol groups is 1. The highest BCUT2D eigenvalue weighted by molar-refractivity contribution is 7.81. The second-order valence-corrected chi connectivity index (χ2v) is 4.06. The number of hydrogen-bond acceptors (Lipinski definition) is 2. The molecule has 0 bridgehead atoms. The summed E-state index contributed by atoms with van der Waals surface area (Å²) in [6, 6.07) is 5.31. The standard InChI is InChI=1S/C8H9Cl2NS/c1-5(12)11-8-3-2-6(9)4-7(8)10/h2-5,11-12H,1H3. The molecule has 0 amide bonds. The highest BCUT2D eigenvalue weighted by atomic mass is 35.5. The van der Waals surface area contributed by atoms with E-state index in [1.165, 1.54) is 0 Å². The lowest BCUT2D eigenvalue weighted by Gasteiger charge is -2.10. The average molecular weight is 222 g/mol. The smallest absolute Gasteiger partial charge is 0.0665 e. The second-order valence-electron chi connectivity index (χ2n) is 2.44. The predicted molar refractivity (Wildman–Crippen MR) is 58.5 cm³/mol. The van der Waals surface area contributed by atoms with Gasteiger partial charge in [0.15, 0.2) is 0 Å². The van der Waals surface area contributed by atoms with Crippen molar-refractivity contribution in [2.24, 2.45) is 0 Å². The molecular weight excluding hydrogens is 213 g/mol. The van der Waals surface area contributed by atoms with E-state index in [4.69, 9.17) is 23.2 Å². The fourth-order valence-corrected chi connectivity index (χ4v) is 1.43. The van der Waals surface area contributed by atoms with E-state index in [-0.39, 0.29) is 5.37 Å². The van der Waals surface area contributed by atoms with Gasteiger partial charge >= 0.3 is 0 Å². The molecule has 1 aromatic rings. The first-order chi connectivity index (χ1) is 5.59. The van der Waals surface area contributed by atoms with Crippen LogP contribution < -0.4 is 5.32 Å². The van der Waals surface area contributed by atoms with Gasteiger partial charge in [0.05, 0.1) is 16.1 Å². The third-order valence-electron chi connectivity index (χ3n) is 1.30. The molecule has 0 aliphatic carbocycles. The van der Waals surface area contributed by atoms with Gasteiger partial charge in [0.1, 0.15) is 0 Å². The van der Waals surface area contributed by atoms with E-state index in [2.05, 4.69) is 17.9 Å². The lowest BCUT2D eigenvalue weighted by molar-refractivity contribution is 1.14. The van der Waals surface area contributed by atoms with Gasteiger partial charge in [-0.1, -0.05) is 23.2 Å². The molecule has 1 nitrogen and oxygen atoms in total. The van der Waals surface area contributed by atoms with Gasteiger partial charge in [0.25, 0.3) is 0 Å². The Bertz CT molecular complexity index is 276. The molecule has 1 rings (SSSR count). The SMILES string of the molecule is CC(S)Nc1ccc(Cl)cc1Cl. The predicted octanol–water partition coefficient (Wildman–Crippen LogP) is 3.68. The second kappa shape index (κ2) is 4.26. The van der Waals surface area contributed by atoms with Crippen molar-refractivity contribution in [2.45, 2.75) is 12.3 Å². The Morgan fingerprint density at radius 3 is 2.58 bits per heavy atom. The molecule has 12 heavy (non-hydrogen) atoms. The molecule has 1 N–H and O–H groups in total. The molecule has 0 spiro atoms. The van der Waals surface area contributed by atoms with Gasteiger partial charge in [-0.15, -0.1) is 0 Å². The molecule has 0 aromatic heterocycles. The largest absolute Gasteiger partial charge is 0.373 e. The molecule has 0 aliphatic heterocycles. The molecule has 4 heteroatoms. The Morgan fingerprint density at radius 1 is 1.42 bits per heavy atom. The average Bonchev–Trinajstić information content (AvgIpc) is 1.94. The van der Waals surface area contributed by atoms with E-state index in [1.807, 2.05) is 13.0 Å². The van der Waals surface area contributed by atoms with Crippen LogP contribution in [0.3, 0.4) is 0 Å². The minimum absolute atomic E-state index is 0.0728. The molecule has 0 saturated heterocycles. The van der Waals surface area contributed by atoms with Crippen molar-refractivity contribution >= 4 is 41.5 Å². The number of nitrogens with one attached hydrogen (secondary N) is 1. The summed E-state index contributed by atoms with van der Waals surface area (Å²) in [5, 5.41) is 4.40. The molecule has 0 saturated carbocycles. The molecule has 66 valence electrons. The summed E-state index contributed by atoms with van der Waals surface area (Å²) >= 11 is 15.8. The number of benzene rings is 1. The van der Waals surface area contributed by atoms with Gasteiger partial charge in [-0.2, -0.15) is 12.6 Å². The lowest BCUT2D eigenvalue weighted by atomic mass is 10.3. The normalized spacial score (nSPS) is 12.7. The van der Waals surface area contributed by atoms with Crippen LogP contribution in [0.2, 0.25) is 10.0 Å². The zero-order chi connectivity index (χ0) is 9.14. The third-order valence-corrected chi connectivity index (χ3v) is 1.97. The van der Waals surface area contributed by atoms with Crippen LogP contribution in [0.1, 0.15) is 6.92 Å². The molecule has 1 atom stereocenters. The fourth-order valence-electron chi connectivity index (χ4n) is 0.832. The van der Waals surface area contributed by atoms with Crippen molar-refractivity contribution in [3.8, 4) is 0 Å². The van der Waals surface area contributed by atoms with E-state index in [1.54, 1.807) is 12.1 Å². The summed E-state index contributed by atoms with van der Waals surface area (Å²) in [5.74, 6) is 0. The van der Waals surface area contributed by atoms with Crippen molar-refractivity contribution in [3.05, 3.63) is 28.2 Å². The van der Waals surface area contributed by atoms with Crippen LogP contribution >= 0.6 is 35.8 Å². The van der Waals surface area contributed by atoms with Gasteiger partial charge in [-0.25, -0.2) is 0 Å². The van der Waals surface area contributed by atoms with E-state index >= 15 is 0 Å². The molecule has 1 unspecified atom stereocenters. The van der Waals surface area contributed by atoms with Crippen molar-refractivity contribution in [1.82, 2.24) is 0 Å². The van der Waals surface area contributed by atoms with Crippen molar-refractivity contribution in [3.63, 3.8) is 0 Å². The summed E-state index contributed by atoms with van der Waals surface area (Å²) < 4.78 is 0. The first-order valence-electron chi connectivity index (χ1n) is 3.49. The van der Waals surface area contributed by atoms with E-state index in [9.17, 15) is 0 Å². The van der Waals surface area contributed by atoms with E-state index in [0.717, 1.165) is 5.69 Å². The number of hydrogen-bond donors (Lipinski definition) is 2. The van der Waals surface area contributed by atoms with Crippen LogP contribution in [-0.2, 0) is 0 Å². The highest BCUT2D eigenvalue weighted by Gasteiger charge is 2.01. The molecule has 1 aromatic carbocycles. The highest BCUT2D eigenvalue weighted by Crippen LogP contribution is 2.25. The first kappa shape index (κ1) is 10.0. The lowest BCUT2D eigenvalue weighted by Crippen LogP contribution is -2.06. The van der Waals surface area contributed by atoms with Gasteiger partial charge in [-0.05, 0) is 25.1 Å². The quantitative estimate of drug-likeness (QED) is 0.574. The van der Waals surface area contributed by atoms with Crippen molar-refractivity contribution in [1.29, 1.82) is 0 Å². The number of rotatable bonds is 2. The van der Waals surface area contributed by atoms with Crippen LogP contribution in [0.5, 0.6) is 0 Å². The Balaban J connectivity index is 2.86. The van der Waals surface area contributed by atoms with Gasteiger partial charge in [-0.3, -0.25) is 0 Å². The van der Waals surface area contributed by atoms with Crippen LogP contribution in [0.4, 0.5) is 5.69 Å². The summed E-state index contributed by atoms with van der Waals surface area (Å²) in [4.78, 5) is 0. The Kier molecular flexibility index (Phi) is 3.56. The van der Waals surface area contributed by atoms with E-state index in [0.29, 0.717) is 10.0 Å².